The van der Waals surface area contributed by atoms with Crippen molar-refractivity contribution in [2.24, 2.45) is 12.0 Å². The third kappa shape index (κ3) is 3.56. The molecule has 4 aromatic rings. The highest BCUT2D eigenvalue weighted by Gasteiger charge is 2.31. The number of carbonyl (C=O) groups is 1. The van der Waals surface area contributed by atoms with Gasteiger partial charge in [-0.1, -0.05) is 41.0 Å². The van der Waals surface area contributed by atoms with Gasteiger partial charge in [0.15, 0.2) is 5.76 Å². The van der Waals surface area contributed by atoms with Crippen LogP contribution < -0.4 is 0 Å². The third-order valence-corrected chi connectivity index (χ3v) is 5.91. The maximum Gasteiger partial charge on any atom is 0.169 e. The molecule has 7 heteroatoms. The predicted octanol–water partition coefficient (Wildman–Crippen LogP) is 5.58. The minimum atomic E-state index is -0.455. The van der Waals surface area contributed by atoms with Crippen LogP contribution in [0.5, 0.6) is 0 Å². The number of aryl methyl sites for hydroxylation is 2. The molecular formula is C25H21ClN4O2. The number of rotatable bonds is 4. The van der Waals surface area contributed by atoms with E-state index in [1.165, 1.54) is 0 Å². The second kappa shape index (κ2) is 7.88. The fraction of sp³-hybridized carbons (Fsp3) is 0.200. The highest BCUT2D eigenvalue weighted by molar-refractivity contribution is 6.30. The van der Waals surface area contributed by atoms with Gasteiger partial charge in [-0.15, -0.1) is 0 Å². The first kappa shape index (κ1) is 20.4. The smallest absolute Gasteiger partial charge is 0.169 e. The average molecular weight is 445 g/mol. The van der Waals surface area contributed by atoms with Crippen LogP contribution in [0.25, 0.3) is 22.3 Å². The number of nitrogens with zero attached hydrogens (tertiary/aromatic N) is 4. The number of carbonyl (C=O) groups excluding carboxylic acids is 1. The van der Waals surface area contributed by atoms with Crippen molar-refractivity contribution in [2.45, 2.75) is 26.3 Å². The van der Waals surface area contributed by atoms with E-state index in [9.17, 15) is 4.79 Å². The topological polar surface area (TPSA) is 73.3 Å². The third-order valence-electron chi connectivity index (χ3n) is 5.66. The molecule has 32 heavy (non-hydrogen) atoms. The molecule has 0 N–H and O–H groups in total. The molecule has 2 aromatic carbocycles. The number of aromatic nitrogens is 3. The molecule has 6 nitrogen and oxygen atoms in total. The summed E-state index contributed by atoms with van der Waals surface area (Å²) in [6, 6.07) is 13.4. The van der Waals surface area contributed by atoms with Gasteiger partial charge >= 0.3 is 0 Å². The predicted molar refractivity (Wildman–Crippen MR) is 124 cm³/mol. The summed E-state index contributed by atoms with van der Waals surface area (Å²) >= 11 is 6.15. The Kier molecular flexibility index (Phi) is 5.02. The van der Waals surface area contributed by atoms with Crippen LogP contribution in [0.1, 0.15) is 42.0 Å². The number of ketones is 1. The first-order valence-corrected chi connectivity index (χ1v) is 10.7. The Bertz CT molecular complexity index is 1370. The molecule has 1 atom stereocenters. The van der Waals surface area contributed by atoms with E-state index in [2.05, 4.69) is 28.5 Å². The molecule has 1 aliphatic heterocycles. The Morgan fingerprint density at radius 2 is 1.84 bits per heavy atom. The van der Waals surface area contributed by atoms with Gasteiger partial charge < -0.3 is 4.52 Å². The fourth-order valence-electron chi connectivity index (χ4n) is 4.18. The number of hydrogen-bond donors (Lipinski definition) is 0. The Morgan fingerprint density at radius 3 is 2.53 bits per heavy atom. The number of halogens is 1. The van der Waals surface area contributed by atoms with E-state index in [0.29, 0.717) is 10.8 Å². The first-order valence-electron chi connectivity index (χ1n) is 10.3. The number of Topliss-reactive ketones (excluding diaryl/α,β-unsaturated/α-hetero) is 1. The maximum absolute atomic E-state index is 12.1. The number of aliphatic imine (C=N–C) groups is 1. The molecule has 0 bridgehead atoms. The lowest BCUT2D eigenvalue weighted by atomic mass is 9.90. The highest BCUT2D eigenvalue weighted by atomic mass is 35.5. The number of fused-ring (bicyclic) bond motifs is 3. The first-order chi connectivity index (χ1) is 15.4. The van der Waals surface area contributed by atoms with E-state index in [4.69, 9.17) is 21.1 Å². The molecule has 5 rings (SSSR count). The Hall–Kier alpha value is -3.51. The summed E-state index contributed by atoms with van der Waals surface area (Å²) in [7, 11) is 1.90. The molecule has 2 aromatic heterocycles. The highest BCUT2D eigenvalue weighted by Crippen LogP contribution is 2.42. The second-order valence-corrected chi connectivity index (χ2v) is 8.51. The van der Waals surface area contributed by atoms with E-state index in [0.717, 1.165) is 44.8 Å². The SMILES string of the molecule is CC(=O)C[C@@H]1N=C(c2ccc(Cl)cc2)c2cc(-c3cnn(C)c3)ccc2-c2c(C)noc21. The molecule has 3 heterocycles. The Labute approximate surface area is 190 Å². The van der Waals surface area contributed by atoms with Crippen LogP contribution in [0.2, 0.25) is 5.02 Å². The average Bonchev–Trinajstić information content (AvgIpc) is 3.33. The maximum atomic E-state index is 12.1. The number of hydrogen-bond acceptors (Lipinski definition) is 5. The summed E-state index contributed by atoms with van der Waals surface area (Å²) < 4.78 is 7.49. The zero-order valence-electron chi connectivity index (χ0n) is 18.0. The molecule has 0 unspecified atom stereocenters. The van der Waals surface area contributed by atoms with Crippen molar-refractivity contribution in [1.82, 2.24) is 14.9 Å². The van der Waals surface area contributed by atoms with Gasteiger partial charge in [-0.3, -0.25) is 14.5 Å². The lowest BCUT2D eigenvalue weighted by Crippen LogP contribution is -2.08. The lowest BCUT2D eigenvalue weighted by Gasteiger charge is -2.13. The zero-order chi connectivity index (χ0) is 22.4. The van der Waals surface area contributed by atoms with Gasteiger partial charge in [0, 0.05) is 41.4 Å². The van der Waals surface area contributed by atoms with Crippen LogP contribution in [0.4, 0.5) is 0 Å². The molecule has 0 saturated carbocycles. The fourth-order valence-corrected chi connectivity index (χ4v) is 4.31. The quantitative estimate of drug-likeness (QED) is 0.412. The van der Waals surface area contributed by atoms with Gasteiger partial charge in [0.05, 0.1) is 23.2 Å². The summed E-state index contributed by atoms with van der Waals surface area (Å²) in [5, 5.41) is 9.16. The van der Waals surface area contributed by atoms with Crippen molar-refractivity contribution in [3.8, 4) is 22.3 Å². The van der Waals surface area contributed by atoms with E-state index in [-0.39, 0.29) is 12.2 Å². The van der Waals surface area contributed by atoms with Crippen molar-refractivity contribution in [2.75, 3.05) is 0 Å². The van der Waals surface area contributed by atoms with Gasteiger partial charge in [0.25, 0.3) is 0 Å². The van der Waals surface area contributed by atoms with Crippen molar-refractivity contribution in [3.05, 3.63) is 82.5 Å². The van der Waals surface area contributed by atoms with Crippen molar-refractivity contribution < 1.29 is 9.32 Å². The van der Waals surface area contributed by atoms with Crippen LogP contribution in [-0.2, 0) is 11.8 Å². The van der Waals surface area contributed by atoms with Crippen LogP contribution in [0.3, 0.4) is 0 Å². The summed E-state index contributed by atoms with van der Waals surface area (Å²) in [5.41, 5.74) is 7.35. The van der Waals surface area contributed by atoms with Crippen molar-refractivity contribution in [1.29, 1.82) is 0 Å². The molecule has 0 spiro atoms. The van der Waals surface area contributed by atoms with Crippen LogP contribution in [0, 0.1) is 6.92 Å². The molecule has 0 radical (unpaired) electrons. The van der Waals surface area contributed by atoms with Gasteiger partial charge in [0.1, 0.15) is 11.8 Å². The largest absolute Gasteiger partial charge is 0.358 e. The second-order valence-electron chi connectivity index (χ2n) is 8.08. The molecule has 0 fully saturated rings. The van der Waals surface area contributed by atoms with Crippen LogP contribution in [0.15, 0.2) is 64.4 Å². The van der Waals surface area contributed by atoms with Crippen LogP contribution >= 0.6 is 11.6 Å². The minimum Gasteiger partial charge on any atom is -0.358 e. The van der Waals surface area contributed by atoms with Gasteiger partial charge in [-0.25, -0.2) is 0 Å². The summed E-state index contributed by atoms with van der Waals surface area (Å²) in [4.78, 5) is 17.1. The van der Waals surface area contributed by atoms with E-state index < -0.39 is 6.04 Å². The summed E-state index contributed by atoms with van der Waals surface area (Å²) in [6.45, 7) is 3.48. The van der Waals surface area contributed by atoms with Crippen LogP contribution in [-0.4, -0.2) is 26.4 Å². The van der Waals surface area contributed by atoms with Gasteiger partial charge in [-0.2, -0.15) is 5.10 Å². The zero-order valence-corrected chi connectivity index (χ0v) is 18.7. The van der Waals surface area contributed by atoms with E-state index in [1.54, 1.807) is 11.6 Å². The number of benzene rings is 2. The minimum absolute atomic E-state index is 0.0382. The Morgan fingerprint density at radius 1 is 1.09 bits per heavy atom. The lowest BCUT2D eigenvalue weighted by molar-refractivity contribution is -0.117. The van der Waals surface area contributed by atoms with Crippen molar-refractivity contribution in [3.63, 3.8) is 0 Å². The van der Waals surface area contributed by atoms with E-state index >= 15 is 0 Å². The van der Waals surface area contributed by atoms with Crippen molar-refractivity contribution >= 4 is 23.1 Å². The summed E-state index contributed by atoms with van der Waals surface area (Å²) in [5.74, 6) is 0.660. The molecule has 0 amide bonds. The normalized spacial score (nSPS) is 15.0. The van der Waals surface area contributed by atoms with E-state index in [1.807, 2.05) is 50.6 Å². The standard InChI is InChI=1S/C25H21ClN4O2/c1-14(31)10-22-25-23(15(2)29-32-25)20-9-6-17(18-12-27-30(3)13-18)11-21(20)24(28-22)16-4-7-19(26)8-5-16/h4-9,11-13,22H,10H2,1-3H3/t22-/m0/s1. The van der Waals surface area contributed by atoms with Gasteiger partial charge in [-0.05, 0) is 43.2 Å². The Balaban J connectivity index is 1.79. The molecular weight excluding hydrogens is 424 g/mol. The monoisotopic (exact) mass is 444 g/mol. The summed E-state index contributed by atoms with van der Waals surface area (Å²) in [6.07, 6.45) is 4.06. The molecule has 0 saturated heterocycles. The van der Waals surface area contributed by atoms with Gasteiger partial charge in [0.2, 0.25) is 0 Å². The molecule has 1 aliphatic rings. The molecule has 0 aliphatic carbocycles. The molecule has 160 valence electrons.